The summed E-state index contributed by atoms with van der Waals surface area (Å²) in [5, 5.41) is 14.4. The van der Waals surface area contributed by atoms with Gasteiger partial charge in [0.2, 0.25) is 5.16 Å². The van der Waals surface area contributed by atoms with Crippen molar-refractivity contribution in [3.63, 3.8) is 0 Å². The Morgan fingerprint density at radius 1 is 1.41 bits per heavy atom. The van der Waals surface area contributed by atoms with Gasteiger partial charge in [0.05, 0.1) is 5.69 Å². The quantitative estimate of drug-likeness (QED) is 0.663. The number of rotatable bonds is 5. The molecule has 3 aromatic heterocycles. The van der Waals surface area contributed by atoms with E-state index in [0.29, 0.717) is 11.7 Å². The Bertz CT molecular complexity index is 850. The van der Waals surface area contributed by atoms with Gasteiger partial charge in [0.1, 0.15) is 0 Å². The first-order chi connectivity index (χ1) is 10.5. The Morgan fingerprint density at radius 3 is 3.00 bits per heavy atom. The molecule has 0 aromatic carbocycles. The Morgan fingerprint density at radius 2 is 2.23 bits per heavy atom. The van der Waals surface area contributed by atoms with Crippen LogP contribution < -0.4 is 5.56 Å². The van der Waals surface area contributed by atoms with Crippen molar-refractivity contribution in [3.05, 3.63) is 33.2 Å². The maximum absolute atomic E-state index is 12.1. The van der Waals surface area contributed by atoms with Crippen LogP contribution in [0.5, 0.6) is 0 Å². The van der Waals surface area contributed by atoms with E-state index in [9.17, 15) is 4.79 Å². The number of thiazole rings is 1. The average Bonchev–Trinajstić information content (AvgIpc) is 3.03. The zero-order chi connectivity index (χ0) is 15.7. The predicted molar refractivity (Wildman–Crippen MR) is 86.3 cm³/mol. The van der Waals surface area contributed by atoms with Crippen molar-refractivity contribution in [1.29, 1.82) is 0 Å². The van der Waals surface area contributed by atoms with E-state index < -0.39 is 0 Å². The van der Waals surface area contributed by atoms with E-state index in [2.05, 4.69) is 34.4 Å². The summed E-state index contributed by atoms with van der Waals surface area (Å²) in [7, 11) is 0. The van der Waals surface area contributed by atoms with Crippen LogP contribution in [0.25, 0.3) is 4.96 Å². The monoisotopic (exact) mass is 336 g/mol. The molecule has 0 aliphatic heterocycles. The number of nitrogens with zero attached hydrogens (tertiary/aromatic N) is 6. The van der Waals surface area contributed by atoms with E-state index >= 15 is 0 Å². The van der Waals surface area contributed by atoms with Crippen molar-refractivity contribution in [1.82, 2.24) is 29.6 Å². The molecule has 0 unspecified atom stereocenters. The van der Waals surface area contributed by atoms with Gasteiger partial charge in [0.15, 0.2) is 4.96 Å². The molecule has 3 rings (SSSR count). The van der Waals surface area contributed by atoms with Gasteiger partial charge in [-0.25, -0.2) is 9.67 Å². The summed E-state index contributed by atoms with van der Waals surface area (Å²) < 4.78 is 3.41. The molecule has 0 saturated heterocycles. The lowest BCUT2D eigenvalue weighted by Gasteiger charge is -2.06. The number of fused-ring (bicyclic) bond motifs is 1. The van der Waals surface area contributed by atoms with Crippen LogP contribution in [0, 0.1) is 12.8 Å². The minimum Gasteiger partial charge on any atom is -0.269 e. The van der Waals surface area contributed by atoms with Gasteiger partial charge in [-0.05, 0) is 23.3 Å². The van der Waals surface area contributed by atoms with Crippen LogP contribution in [-0.4, -0.2) is 29.6 Å². The van der Waals surface area contributed by atoms with E-state index in [0.717, 1.165) is 28.0 Å². The summed E-state index contributed by atoms with van der Waals surface area (Å²) in [5.41, 5.74) is 1.62. The highest BCUT2D eigenvalue weighted by Crippen LogP contribution is 2.20. The molecule has 22 heavy (non-hydrogen) atoms. The zero-order valence-corrected chi connectivity index (χ0v) is 14.2. The first-order valence-electron chi connectivity index (χ1n) is 6.90. The lowest BCUT2D eigenvalue weighted by molar-refractivity contribution is 0.446. The summed E-state index contributed by atoms with van der Waals surface area (Å²) in [4.78, 5) is 17.4. The fraction of sp³-hybridized carbons (Fsp3) is 0.462. The summed E-state index contributed by atoms with van der Waals surface area (Å²) in [6.07, 6.45) is 0. The summed E-state index contributed by atoms with van der Waals surface area (Å²) in [6, 6.07) is 1.58. The molecule has 0 aliphatic rings. The van der Waals surface area contributed by atoms with Gasteiger partial charge in [-0.2, -0.15) is 0 Å². The second-order valence-electron chi connectivity index (χ2n) is 5.41. The summed E-state index contributed by atoms with van der Waals surface area (Å²) in [6.45, 7) is 6.91. The van der Waals surface area contributed by atoms with Gasteiger partial charge < -0.3 is 0 Å². The smallest absolute Gasteiger partial charge is 0.258 e. The van der Waals surface area contributed by atoms with E-state index in [1.807, 2.05) is 12.3 Å². The largest absolute Gasteiger partial charge is 0.269 e. The molecule has 7 nitrogen and oxygen atoms in total. The first kappa shape index (κ1) is 15.2. The van der Waals surface area contributed by atoms with Crippen LogP contribution in [0.4, 0.5) is 0 Å². The van der Waals surface area contributed by atoms with Crippen molar-refractivity contribution >= 4 is 28.1 Å². The fourth-order valence-electron chi connectivity index (χ4n) is 2.07. The number of thioether (sulfide) groups is 1. The molecule has 0 N–H and O–H groups in total. The standard InChI is InChI=1S/C13H16N6OS2/c1-8(2)5-18-13(15-16-17-18)22-7-10-4-11(20)19-9(3)6-21-12(19)14-10/h4,6,8H,5,7H2,1-3H3. The number of aromatic nitrogens is 6. The van der Waals surface area contributed by atoms with Crippen LogP contribution in [-0.2, 0) is 12.3 Å². The van der Waals surface area contributed by atoms with Crippen LogP contribution in [0.1, 0.15) is 25.2 Å². The third-order valence-electron chi connectivity index (χ3n) is 3.01. The van der Waals surface area contributed by atoms with Gasteiger partial charge in [-0.1, -0.05) is 25.6 Å². The molecule has 0 spiro atoms. The van der Waals surface area contributed by atoms with Crippen LogP contribution in [0.3, 0.4) is 0 Å². The van der Waals surface area contributed by atoms with E-state index in [4.69, 9.17) is 0 Å². The van der Waals surface area contributed by atoms with E-state index in [1.165, 1.54) is 23.1 Å². The van der Waals surface area contributed by atoms with Crippen molar-refractivity contribution in [3.8, 4) is 0 Å². The minimum atomic E-state index is -0.0406. The molecular weight excluding hydrogens is 320 g/mol. The summed E-state index contributed by atoms with van der Waals surface area (Å²) in [5.74, 6) is 1.04. The molecular formula is C13H16N6OS2. The molecule has 0 radical (unpaired) electrons. The molecule has 0 fully saturated rings. The number of aryl methyl sites for hydroxylation is 1. The van der Waals surface area contributed by atoms with Crippen molar-refractivity contribution in [2.24, 2.45) is 5.92 Å². The van der Waals surface area contributed by atoms with Gasteiger partial charge in [-0.15, -0.1) is 16.4 Å². The lowest BCUT2D eigenvalue weighted by atomic mass is 10.2. The van der Waals surface area contributed by atoms with Gasteiger partial charge in [0, 0.05) is 29.4 Å². The maximum atomic E-state index is 12.1. The lowest BCUT2D eigenvalue weighted by Crippen LogP contribution is -2.14. The third-order valence-corrected chi connectivity index (χ3v) is 4.95. The van der Waals surface area contributed by atoms with Crippen molar-refractivity contribution < 1.29 is 0 Å². The molecule has 9 heteroatoms. The SMILES string of the molecule is Cc1csc2nc(CSc3nnnn3CC(C)C)cc(=O)n12. The van der Waals surface area contributed by atoms with Crippen LogP contribution in [0.2, 0.25) is 0 Å². The highest BCUT2D eigenvalue weighted by Gasteiger charge is 2.11. The number of hydrogen-bond acceptors (Lipinski definition) is 7. The maximum Gasteiger partial charge on any atom is 0.258 e. The molecule has 0 amide bonds. The van der Waals surface area contributed by atoms with E-state index in [-0.39, 0.29) is 5.56 Å². The number of hydrogen-bond donors (Lipinski definition) is 0. The molecule has 0 bridgehead atoms. The summed E-state index contributed by atoms with van der Waals surface area (Å²) >= 11 is 2.97. The molecule has 0 atom stereocenters. The highest BCUT2D eigenvalue weighted by molar-refractivity contribution is 7.98. The first-order valence-corrected chi connectivity index (χ1v) is 8.77. The normalized spacial score (nSPS) is 11.6. The molecule has 3 aromatic rings. The molecule has 0 saturated carbocycles. The minimum absolute atomic E-state index is 0.0406. The van der Waals surface area contributed by atoms with Crippen LogP contribution in [0.15, 0.2) is 21.4 Å². The third kappa shape index (κ3) is 3.05. The Labute approximate surface area is 135 Å². The Hall–Kier alpha value is -1.74. The highest BCUT2D eigenvalue weighted by atomic mass is 32.2. The molecule has 116 valence electrons. The second-order valence-corrected chi connectivity index (χ2v) is 7.19. The molecule has 3 heterocycles. The zero-order valence-electron chi connectivity index (χ0n) is 12.6. The fourth-order valence-corrected chi connectivity index (χ4v) is 3.74. The number of tetrazole rings is 1. The van der Waals surface area contributed by atoms with Crippen molar-refractivity contribution in [2.75, 3.05) is 0 Å². The Balaban J connectivity index is 1.80. The van der Waals surface area contributed by atoms with E-state index in [1.54, 1.807) is 15.1 Å². The van der Waals surface area contributed by atoms with Crippen molar-refractivity contribution in [2.45, 2.75) is 38.2 Å². The topological polar surface area (TPSA) is 78.0 Å². The van der Waals surface area contributed by atoms with Gasteiger partial charge in [0.25, 0.3) is 5.56 Å². The Kier molecular flexibility index (Phi) is 4.25. The average molecular weight is 336 g/mol. The predicted octanol–water partition coefficient (Wildman–Crippen LogP) is 2.00. The van der Waals surface area contributed by atoms with Crippen LogP contribution >= 0.6 is 23.1 Å². The second kappa shape index (κ2) is 6.17. The van der Waals surface area contributed by atoms with Gasteiger partial charge >= 0.3 is 0 Å². The van der Waals surface area contributed by atoms with Gasteiger partial charge in [-0.3, -0.25) is 9.20 Å². The molecule has 0 aliphatic carbocycles.